The molecule has 0 bridgehead atoms. The number of benzene rings is 1. The van der Waals surface area contributed by atoms with Gasteiger partial charge in [0.15, 0.2) is 0 Å². The van der Waals surface area contributed by atoms with E-state index in [1.165, 1.54) is 0 Å². The maximum atomic E-state index is 5.97. The molecule has 1 heterocycles. The lowest BCUT2D eigenvalue weighted by Crippen LogP contribution is -2.08. The van der Waals surface area contributed by atoms with Crippen molar-refractivity contribution in [3.8, 4) is 10.6 Å². The van der Waals surface area contributed by atoms with E-state index in [9.17, 15) is 0 Å². The quantitative estimate of drug-likeness (QED) is 0.837. The van der Waals surface area contributed by atoms with E-state index in [2.05, 4.69) is 31.4 Å². The van der Waals surface area contributed by atoms with E-state index >= 15 is 0 Å². The van der Waals surface area contributed by atoms with E-state index < -0.39 is 0 Å². The Balaban J connectivity index is 2.11. The summed E-state index contributed by atoms with van der Waals surface area (Å²) in [5, 5.41) is 14.3. The molecule has 0 unspecified atom stereocenters. The van der Waals surface area contributed by atoms with E-state index in [4.69, 9.17) is 11.6 Å². The van der Waals surface area contributed by atoms with E-state index in [-0.39, 0.29) is 0 Å². The van der Waals surface area contributed by atoms with Gasteiger partial charge in [-0.25, -0.2) is 0 Å². The zero-order valence-corrected chi connectivity index (χ0v) is 13.1. The summed E-state index contributed by atoms with van der Waals surface area (Å²) in [4.78, 5) is 0. The van der Waals surface area contributed by atoms with Gasteiger partial charge in [0.2, 0.25) is 0 Å². The first-order valence-corrected chi connectivity index (χ1v) is 7.62. The molecule has 0 amide bonds. The fourth-order valence-corrected chi connectivity index (χ4v) is 2.89. The summed E-state index contributed by atoms with van der Waals surface area (Å²) < 4.78 is 0.883. The van der Waals surface area contributed by atoms with Crippen molar-refractivity contribution in [2.24, 2.45) is 0 Å². The fraction of sp³-hybridized carbons (Fsp3) is 0.333. The van der Waals surface area contributed by atoms with Gasteiger partial charge in [-0.05, 0) is 48.1 Å². The van der Waals surface area contributed by atoms with Crippen LogP contribution in [0.25, 0.3) is 10.6 Å². The second-order valence-corrected chi connectivity index (χ2v) is 6.16. The maximum absolute atomic E-state index is 5.97. The van der Waals surface area contributed by atoms with Gasteiger partial charge in [-0.1, -0.05) is 29.0 Å². The summed E-state index contributed by atoms with van der Waals surface area (Å²) in [6.07, 6.45) is 2.04. The van der Waals surface area contributed by atoms with Gasteiger partial charge in [0.25, 0.3) is 0 Å². The lowest BCUT2D eigenvalue weighted by molar-refractivity contribution is 0.718. The normalized spacial score (nSPS) is 10.8. The molecule has 6 heteroatoms. The maximum Gasteiger partial charge on any atom is 0.147 e. The largest absolute Gasteiger partial charge is 0.320 e. The molecule has 0 spiro atoms. The number of nitrogens with zero attached hydrogens (tertiary/aromatic N) is 2. The molecule has 1 aromatic heterocycles. The number of nitrogens with one attached hydrogen (secondary N) is 1. The van der Waals surface area contributed by atoms with Gasteiger partial charge in [0.1, 0.15) is 10.0 Å². The minimum absolute atomic E-state index is 0.706. The fourth-order valence-electron chi connectivity index (χ4n) is 1.52. The predicted molar refractivity (Wildman–Crippen MR) is 80.3 cm³/mol. The van der Waals surface area contributed by atoms with Gasteiger partial charge in [-0.3, -0.25) is 0 Å². The minimum atomic E-state index is 0.706. The molecule has 2 aromatic rings. The molecule has 0 atom stereocenters. The Morgan fingerprint density at radius 3 is 2.94 bits per heavy atom. The minimum Gasteiger partial charge on any atom is -0.320 e. The van der Waals surface area contributed by atoms with Gasteiger partial charge in [0.05, 0.1) is 5.02 Å². The molecule has 18 heavy (non-hydrogen) atoms. The van der Waals surface area contributed by atoms with Gasteiger partial charge >= 0.3 is 0 Å². The Morgan fingerprint density at radius 1 is 1.39 bits per heavy atom. The van der Waals surface area contributed by atoms with Crippen molar-refractivity contribution in [3.63, 3.8) is 0 Å². The van der Waals surface area contributed by atoms with Crippen molar-refractivity contribution in [2.75, 3.05) is 13.6 Å². The lowest BCUT2D eigenvalue weighted by atomic mass is 10.2. The smallest absolute Gasteiger partial charge is 0.147 e. The average molecular weight is 347 g/mol. The summed E-state index contributed by atoms with van der Waals surface area (Å²) in [6.45, 7) is 1.00. The van der Waals surface area contributed by atoms with Crippen molar-refractivity contribution >= 4 is 38.9 Å². The Morgan fingerprint density at radius 2 is 2.22 bits per heavy atom. The van der Waals surface area contributed by atoms with Crippen LogP contribution in [0.3, 0.4) is 0 Å². The van der Waals surface area contributed by atoms with Crippen LogP contribution in [0.15, 0.2) is 22.7 Å². The van der Waals surface area contributed by atoms with Crippen LogP contribution in [0.5, 0.6) is 0 Å². The summed E-state index contributed by atoms with van der Waals surface area (Å²) in [6, 6.07) is 5.80. The third kappa shape index (κ3) is 3.51. The predicted octanol–water partition coefficient (Wildman–Crippen LogP) is 3.77. The first-order valence-electron chi connectivity index (χ1n) is 5.63. The second kappa shape index (κ2) is 6.61. The summed E-state index contributed by atoms with van der Waals surface area (Å²) in [5.74, 6) is 0. The molecule has 0 aliphatic carbocycles. The first kappa shape index (κ1) is 13.9. The average Bonchev–Trinajstić information content (AvgIpc) is 2.82. The van der Waals surface area contributed by atoms with Crippen LogP contribution in [-0.2, 0) is 6.42 Å². The van der Waals surface area contributed by atoms with E-state index in [1.54, 1.807) is 11.3 Å². The number of rotatable bonds is 5. The Labute approximate surface area is 124 Å². The molecule has 2 rings (SSSR count). The second-order valence-electron chi connectivity index (χ2n) is 3.84. The number of halogens is 2. The Kier molecular flexibility index (Phi) is 5.12. The van der Waals surface area contributed by atoms with E-state index in [0.29, 0.717) is 5.02 Å². The monoisotopic (exact) mass is 345 g/mol. The van der Waals surface area contributed by atoms with Gasteiger partial charge < -0.3 is 5.32 Å². The highest BCUT2D eigenvalue weighted by Gasteiger charge is 2.08. The van der Waals surface area contributed by atoms with Crippen molar-refractivity contribution < 1.29 is 0 Å². The van der Waals surface area contributed by atoms with Crippen LogP contribution in [-0.4, -0.2) is 23.8 Å². The number of aryl methyl sites for hydroxylation is 1. The Bertz CT molecular complexity index is 530. The first-order chi connectivity index (χ1) is 8.70. The van der Waals surface area contributed by atoms with E-state index in [0.717, 1.165) is 39.4 Å². The highest BCUT2D eigenvalue weighted by Crippen LogP contribution is 2.30. The van der Waals surface area contributed by atoms with Crippen LogP contribution >= 0.6 is 38.9 Å². The number of aromatic nitrogens is 2. The molecule has 0 saturated heterocycles. The number of hydrogen-bond acceptors (Lipinski definition) is 4. The molecule has 0 radical (unpaired) electrons. The van der Waals surface area contributed by atoms with Gasteiger partial charge in [0, 0.05) is 16.5 Å². The van der Waals surface area contributed by atoms with E-state index in [1.807, 2.05) is 25.2 Å². The highest BCUT2D eigenvalue weighted by atomic mass is 79.9. The zero-order chi connectivity index (χ0) is 13.0. The topological polar surface area (TPSA) is 37.8 Å². The summed E-state index contributed by atoms with van der Waals surface area (Å²) in [7, 11) is 1.96. The molecular formula is C12H13BrClN3S. The van der Waals surface area contributed by atoms with Crippen LogP contribution in [0, 0.1) is 0 Å². The van der Waals surface area contributed by atoms with Crippen LogP contribution in [0.2, 0.25) is 5.02 Å². The lowest BCUT2D eigenvalue weighted by Gasteiger charge is -1.98. The summed E-state index contributed by atoms with van der Waals surface area (Å²) >= 11 is 11.0. The molecule has 96 valence electrons. The Hall–Kier alpha value is -0.490. The van der Waals surface area contributed by atoms with Crippen molar-refractivity contribution in [1.29, 1.82) is 0 Å². The molecule has 3 nitrogen and oxygen atoms in total. The molecule has 0 aliphatic rings. The SMILES string of the molecule is CNCCCc1nnc(-c2ccc(Cl)c(Br)c2)s1. The molecule has 0 fully saturated rings. The van der Waals surface area contributed by atoms with Crippen molar-refractivity contribution in [2.45, 2.75) is 12.8 Å². The van der Waals surface area contributed by atoms with Crippen LogP contribution in [0.1, 0.15) is 11.4 Å². The molecule has 0 saturated carbocycles. The van der Waals surface area contributed by atoms with Gasteiger partial charge in [-0.2, -0.15) is 0 Å². The van der Waals surface area contributed by atoms with Crippen molar-refractivity contribution in [3.05, 3.63) is 32.7 Å². The zero-order valence-electron chi connectivity index (χ0n) is 9.91. The molecule has 1 N–H and O–H groups in total. The molecular weight excluding hydrogens is 334 g/mol. The van der Waals surface area contributed by atoms with Gasteiger partial charge in [-0.15, -0.1) is 10.2 Å². The third-order valence-corrected chi connectivity index (χ3v) is 4.70. The van der Waals surface area contributed by atoms with Crippen molar-refractivity contribution in [1.82, 2.24) is 15.5 Å². The molecule has 0 aliphatic heterocycles. The number of hydrogen-bond donors (Lipinski definition) is 1. The molecule has 1 aromatic carbocycles. The van der Waals surface area contributed by atoms with Crippen LogP contribution < -0.4 is 5.32 Å². The summed E-state index contributed by atoms with van der Waals surface area (Å²) in [5.41, 5.74) is 1.05. The highest BCUT2D eigenvalue weighted by molar-refractivity contribution is 9.10. The third-order valence-electron chi connectivity index (χ3n) is 2.45. The standard InChI is InChI=1S/C12H13BrClN3S/c1-15-6-2-3-11-16-17-12(18-11)8-4-5-10(14)9(13)7-8/h4-5,7,15H,2-3,6H2,1H3. The van der Waals surface area contributed by atoms with Crippen LogP contribution in [0.4, 0.5) is 0 Å².